The highest BCUT2D eigenvalue weighted by Gasteiger charge is 2.20. The predicted octanol–water partition coefficient (Wildman–Crippen LogP) is 9.49. The van der Waals surface area contributed by atoms with Gasteiger partial charge in [-0.3, -0.25) is 15.1 Å². The summed E-state index contributed by atoms with van der Waals surface area (Å²) >= 11 is 6.41. The van der Waals surface area contributed by atoms with Gasteiger partial charge in [0.05, 0.1) is 12.1 Å². The van der Waals surface area contributed by atoms with Crippen LogP contribution in [-0.4, -0.2) is 41.2 Å². The maximum atomic E-state index is 12.4. The van der Waals surface area contributed by atoms with Crippen molar-refractivity contribution in [1.29, 1.82) is 0 Å². The lowest BCUT2D eigenvalue weighted by Crippen LogP contribution is -2.22. The molecule has 0 spiro atoms. The number of amides is 2. The number of aromatic amines is 1. The molecule has 2 aromatic carbocycles. The Labute approximate surface area is 283 Å². The van der Waals surface area contributed by atoms with Crippen LogP contribution in [0.4, 0.5) is 16.2 Å². The maximum absolute atomic E-state index is 12.4. The Kier molecular flexibility index (Phi) is 12.8. The second-order valence-corrected chi connectivity index (χ2v) is 13.3. The number of unbranched alkanes of at least 4 members (excludes halogenated alkanes) is 6. The Morgan fingerprint density at radius 3 is 2.57 bits per heavy atom. The van der Waals surface area contributed by atoms with E-state index in [1.807, 2.05) is 30.5 Å². The van der Waals surface area contributed by atoms with E-state index in [1.165, 1.54) is 62.4 Å². The van der Waals surface area contributed by atoms with Crippen molar-refractivity contribution in [3.63, 3.8) is 0 Å². The van der Waals surface area contributed by atoms with Gasteiger partial charge in [0.15, 0.2) is 0 Å². The molecule has 8 nitrogen and oxygen atoms in total. The molecule has 0 radical (unpaired) electrons. The highest BCUT2D eigenvalue weighted by atomic mass is 35.5. The van der Waals surface area contributed by atoms with E-state index in [2.05, 4.69) is 40.0 Å². The zero-order chi connectivity index (χ0) is 33.0. The first kappa shape index (κ1) is 34.6. The Morgan fingerprint density at radius 2 is 1.77 bits per heavy atom. The highest BCUT2D eigenvalue weighted by molar-refractivity contribution is 6.31. The van der Waals surface area contributed by atoms with Gasteiger partial charge in [-0.1, -0.05) is 57.0 Å². The van der Waals surface area contributed by atoms with Crippen molar-refractivity contribution in [3.05, 3.63) is 64.4 Å². The van der Waals surface area contributed by atoms with Crippen LogP contribution in [0.2, 0.25) is 5.02 Å². The number of aromatic nitrogens is 2. The number of fused-ring (bicyclic) bond motifs is 3. The second kappa shape index (κ2) is 17.4. The van der Waals surface area contributed by atoms with Crippen molar-refractivity contribution >= 4 is 56.8 Å². The van der Waals surface area contributed by atoms with Gasteiger partial charge >= 0.3 is 6.09 Å². The molecular weight excluding hydrogens is 610 g/mol. The van der Waals surface area contributed by atoms with Crippen LogP contribution in [0.25, 0.3) is 21.8 Å². The fraction of sp³-hybridized carbons (Fsp3) is 0.500. The number of carbonyl (C=O) groups is 2. The van der Waals surface area contributed by atoms with Gasteiger partial charge in [0.25, 0.3) is 0 Å². The number of ether oxygens (including phenoxy) is 1. The van der Waals surface area contributed by atoms with Gasteiger partial charge in [-0.15, -0.1) is 0 Å². The van der Waals surface area contributed by atoms with Crippen LogP contribution in [0.3, 0.4) is 0 Å². The average Bonchev–Trinajstić information content (AvgIpc) is 3.46. The largest absolute Gasteiger partial charge is 0.449 e. The van der Waals surface area contributed by atoms with E-state index in [9.17, 15) is 9.59 Å². The van der Waals surface area contributed by atoms with Crippen molar-refractivity contribution in [3.8, 4) is 0 Å². The summed E-state index contributed by atoms with van der Waals surface area (Å²) in [5.41, 5.74) is 7.74. The number of nitrogens with one attached hydrogen (secondary N) is 4. The summed E-state index contributed by atoms with van der Waals surface area (Å²) < 4.78 is 5.44. The summed E-state index contributed by atoms with van der Waals surface area (Å²) in [7, 11) is 0. The molecule has 0 bridgehead atoms. The monoisotopic (exact) mass is 659 g/mol. The van der Waals surface area contributed by atoms with Gasteiger partial charge in [0.2, 0.25) is 5.91 Å². The van der Waals surface area contributed by atoms with Crippen molar-refractivity contribution in [2.24, 2.45) is 0 Å². The number of hydrogen-bond donors (Lipinski definition) is 4. The second-order valence-electron chi connectivity index (χ2n) is 12.9. The minimum atomic E-state index is -0.429. The summed E-state index contributed by atoms with van der Waals surface area (Å²) in [6.45, 7) is 4.78. The summed E-state index contributed by atoms with van der Waals surface area (Å²) in [6, 6.07) is 12.3. The number of halogens is 1. The number of nitrogens with zero attached hydrogens (tertiary/aromatic N) is 1. The average molecular weight is 660 g/mol. The zero-order valence-electron chi connectivity index (χ0n) is 28.0. The minimum absolute atomic E-state index is 0.0420. The molecule has 0 fully saturated rings. The van der Waals surface area contributed by atoms with Crippen molar-refractivity contribution in [2.75, 3.05) is 23.8 Å². The van der Waals surface area contributed by atoms with Crippen LogP contribution in [0.15, 0.2) is 42.6 Å². The molecule has 1 aliphatic rings. The molecule has 252 valence electrons. The quantitative estimate of drug-likeness (QED) is 0.0845. The van der Waals surface area contributed by atoms with E-state index in [1.54, 1.807) is 0 Å². The number of benzene rings is 2. The molecule has 47 heavy (non-hydrogen) atoms. The molecule has 4 N–H and O–H groups in total. The van der Waals surface area contributed by atoms with Gasteiger partial charge in [0, 0.05) is 64.1 Å². The number of aryl methyl sites for hydroxylation is 1. The fourth-order valence-electron chi connectivity index (χ4n) is 6.68. The summed E-state index contributed by atoms with van der Waals surface area (Å²) in [4.78, 5) is 31.8. The molecule has 1 aliphatic carbocycles. The fourth-order valence-corrected chi connectivity index (χ4v) is 6.85. The number of anilines is 2. The number of carbonyl (C=O) groups excluding carboxylic acids is 2. The Bertz CT molecular complexity index is 1650. The van der Waals surface area contributed by atoms with E-state index in [4.69, 9.17) is 21.3 Å². The number of H-pyrrole nitrogens is 1. The number of rotatable bonds is 17. The van der Waals surface area contributed by atoms with Crippen molar-refractivity contribution in [1.82, 2.24) is 15.3 Å². The topological polar surface area (TPSA) is 108 Å². The molecule has 5 rings (SSSR count). The smallest absolute Gasteiger partial charge is 0.411 e. The minimum Gasteiger partial charge on any atom is -0.449 e. The molecule has 1 unspecified atom stereocenters. The first-order valence-corrected chi connectivity index (χ1v) is 17.9. The standard InChI is InChI=1S/C38H50ClN5O3/c1-3-29(42-37-31-14-10-11-15-35(31)44-36-18-16-28(39)23-33(36)37)13-9-7-5-4-6-8-12-22-47-38(46)43-30-17-19-34-32(24-30)27(25-41-34)20-21-40-26(2)45/h16-19,23-25,29,41H,3-15,20-22H2,1-2H3,(H,40,45)(H,42,44)(H,43,46). The SMILES string of the molecule is CCC(CCCCCCCCCOC(=O)Nc1ccc2[nH]cc(CCNC(C)=O)c2c1)Nc1c2c(nc3ccc(Cl)cc13)CCCC2. The highest BCUT2D eigenvalue weighted by Crippen LogP contribution is 2.35. The first-order valence-electron chi connectivity index (χ1n) is 17.6. The van der Waals surface area contributed by atoms with Gasteiger partial charge in [-0.25, -0.2) is 4.79 Å². The number of hydrogen-bond acceptors (Lipinski definition) is 5. The molecule has 1 atom stereocenters. The third-order valence-electron chi connectivity index (χ3n) is 9.28. The van der Waals surface area contributed by atoms with Crippen LogP contribution in [-0.2, 0) is 28.8 Å². The van der Waals surface area contributed by atoms with Gasteiger partial charge in [0.1, 0.15) is 0 Å². The molecule has 0 saturated heterocycles. The third-order valence-corrected chi connectivity index (χ3v) is 9.51. The lowest BCUT2D eigenvalue weighted by Gasteiger charge is -2.26. The van der Waals surface area contributed by atoms with Crippen LogP contribution < -0.4 is 16.0 Å². The van der Waals surface area contributed by atoms with Gasteiger partial charge in [-0.05, 0) is 98.9 Å². The zero-order valence-corrected chi connectivity index (χ0v) is 28.7. The molecular formula is C38H50ClN5O3. The molecule has 0 aliphatic heterocycles. The van der Waals surface area contributed by atoms with Crippen LogP contribution in [0.5, 0.6) is 0 Å². The lowest BCUT2D eigenvalue weighted by atomic mass is 9.92. The third kappa shape index (κ3) is 9.86. The molecule has 2 heterocycles. The normalized spacial score (nSPS) is 13.3. The van der Waals surface area contributed by atoms with E-state index in [0.29, 0.717) is 31.3 Å². The summed E-state index contributed by atoms with van der Waals surface area (Å²) in [5, 5.41) is 12.6. The van der Waals surface area contributed by atoms with Gasteiger partial charge < -0.3 is 20.4 Å². The number of pyridine rings is 1. The van der Waals surface area contributed by atoms with Crippen LogP contribution in [0, 0.1) is 0 Å². The lowest BCUT2D eigenvalue weighted by molar-refractivity contribution is -0.118. The Balaban J connectivity index is 0.959. The first-order chi connectivity index (χ1) is 22.9. The van der Waals surface area contributed by atoms with Crippen LogP contribution >= 0.6 is 11.6 Å². The van der Waals surface area contributed by atoms with E-state index in [0.717, 1.165) is 77.3 Å². The Hall–Kier alpha value is -3.78. The maximum Gasteiger partial charge on any atom is 0.411 e. The predicted molar refractivity (Wildman–Crippen MR) is 194 cm³/mol. The van der Waals surface area contributed by atoms with E-state index >= 15 is 0 Å². The van der Waals surface area contributed by atoms with Crippen LogP contribution in [0.1, 0.15) is 101 Å². The van der Waals surface area contributed by atoms with Gasteiger partial charge in [-0.2, -0.15) is 0 Å². The molecule has 4 aromatic rings. The molecule has 2 aromatic heterocycles. The molecule has 9 heteroatoms. The van der Waals surface area contributed by atoms with E-state index in [-0.39, 0.29) is 5.91 Å². The van der Waals surface area contributed by atoms with Crippen molar-refractivity contribution < 1.29 is 14.3 Å². The Morgan fingerprint density at radius 1 is 0.979 bits per heavy atom. The van der Waals surface area contributed by atoms with Crippen molar-refractivity contribution in [2.45, 2.75) is 110 Å². The molecule has 0 saturated carbocycles. The summed E-state index contributed by atoms with van der Waals surface area (Å²) in [6.07, 6.45) is 17.0. The summed E-state index contributed by atoms with van der Waals surface area (Å²) in [5.74, 6) is -0.0420. The molecule has 2 amide bonds. The van der Waals surface area contributed by atoms with E-state index < -0.39 is 6.09 Å².